The number of rotatable bonds is 4. The summed E-state index contributed by atoms with van der Waals surface area (Å²) in [4.78, 5) is 4.45. The number of fused-ring (bicyclic) bond motifs is 1. The van der Waals surface area contributed by atoms with Gasteiger partial charge in [-0.3, -0.25) is 0 Å². The van der Waals surface area contributed by atoms with Gasteiger partial charge in [0.2, 0.25) is 0 Å². The van der Waals surface area contributed by atoms with Gasteiger partial charge in [-0.25, -0.2) is 17.8 Å². The summed E-state index contributed by atoms with van der Waals surface area (Å²) < 4.78 is 38.9. The van der Waals surface area contributed by atoms with Gasteiger partial charge in [0, 0.05) is 24.2 Å². The van der Waals surface area contributed by atoms with Gasteiger partial charge in [0.05, 0.1) is 23.4 Å². The van der Waals surface area contributed by atoms with Gasteiger partial charge in [0.15, 0.2) is 15.5 Å². The van der Waals surface area contributed by atoms with E-state index in [9.17, 15) is 12.8 Å². The highest BCUT2D eigenvalue weighted by Crippen LogP contribution is 2.25. The van der Waals surface area contributed by atoms with E-state index in [1.54, 1.807) is 41.0 Å². The molecule has 130 valence electrons. The van der Waals surface area contributed by atoms with E-state index in [1.165, 1.54) is 6.07 Å². The number of hydrogen-bond donors (Lipinski definition) is 1. The first-order valence-corrected chi connectivity index (χ1v) is 9.88. The van der Waals surface area contributed by atoms with E-state index < -0.39 is 9.84 Å². The smallest absolute Gasteiger partial charge is 0.157 e. The average Bonchev–Trinajstić information content (AvgIpc) is 3.19. The van der Waals surface area contributed by atoms with Crippen LogP contribution in [-0.2, 0) is 9.84 Å². The molecule has 1 aliphatic rings. The van der Waals surface area contributed by atoms with Gasteiger partial charge in [0.25, 0.3) is 0 Å². The first-order valence-electron chi connectivity index (χ1n) is 8.06. The summed E-state index contributed by atoms with van der Waals surface area (Å²) in [6, 6.07) is 9.95. The molecule has 1 saturated heterocycles. The van der Waals surface area contributed by atoms with Gasteiger partial charge >= 0.3 is 0 Å². The molecule has 0 aliphatic carbocycles. The number of hydrogen-bond acceptors (Lipinski definition) is 5. The molecule has 0 amide bonds. The van der Waals surface area contributed by atoms with E-state index in [0.717, 1.165) is 0 Å². The largest absolute Gasteiger partial charge is 0.370 e. The van der Waals surface area contributed by atoms with Gasteiger partial charge in [-0.05, 0) is 24.5 Å². The quantitative estimate of drug-likeness (QED) is 0.773. The topological polar surface area (TPSA) is 76.4 Å². The van der Waals surface area contributed by atoms with Crippen LogP contribution in [0.2, 0.25) is 0 Å². The average molecular weight is 360 g/mol. The van der Waals surface area contributed by atoms with Crippen molar-refractivity contribution in [1.29, 1.82) is 0 Å². The third-order valence-electron chi connectivity index (χ3n) is 4.41. The second-order valence-electron chi connectivity index (χ2n) is 6.26. The van der Waals surface area contributed by atoms with E-state index in [0.29, 0.717) is 35.7 Å². The van der Waals surface area contributed by atoms with E-state index in [-0.39, 0.29) is 23.2 Å². The fourth-order valence-electron chi connectivity index (χ4n) is 3.13. The number of anilines is 1. The van der Waals surface area contributed by atoms with Crippen molar-refractivity contribution in [3.63, 3.8) is 0 Å². The van der Waals surface area contributed by atoms with Crippen LogP contribution in [0.15, 0.2) is 42.6 Å². The van der Waals surface area contributed by atoms with Crippen molar-refractivity contribution in [2.45, 2.75) is 6.42 Å². The van der Waals surface area contributed by atoms with Crippen LogP contribution >= 0.6 is 0 Å². The Hall–Kier alpha value is -2.48. The lowest BCUT2D eigenvalue weighted by Crippen LogP contribution is -2.17. The summed E-state index contributed by atoms with van der Waals surface area (Å²) in [7, 11) is -2.91. The SMILES string of the molecule is O=S1(=O)CC[C@H](CNc2cc(-c3ccccc3F)nc3ccnn23)C1. The third-order valence-corrected chi connectivity index (χ3v) is 6.24. The van der Waals surface area contributed by atoms with Crippen LogP contribution in [0.1, 0.15) is 6.42 Å². The predicted octanol–water partition coefficient (Wildman–Crippen LogP) is 2.38. The highest BCUT2D eigenvalue weighted by Gasteiger charge is 2.27. The number of aromatic nitrogens is 3. The molecule has 3 heterocycles. The Balaban J connectivity index is 1.66. The minimum absolute atomic E-state index is 0.0701. The maximum absolute atomic E-state index is 14.1. The van der Waals surface area contributed by atoms with Crippen molar-refractivity contribution < 1.29 is 12.8 Å². The number of benzene rings is 1. The Bertz CT molecular complexity index is 1030. The zero-order chi connectivity index (χ0) is 17.4. The van der Waals surface area contributed by atoms with Crippen LogP contribution in [-0.4, -0.2) is 41.1 Å². The van der Waals surface area contributed by atoms with Gasteiger partial charge < -0.3 is 5.32 Å². The lowest BCUT2D eigenvalue weighted by Gasteiger charge is -2.13. The fraction of sp³-hybridized carbons (Fsp3) is 0.294. The predicted molar refractivity (Wildman–Crippen MR) is 93.6 cm³/mol. The Labute approximate surface area is 144 Å². The molecule has 1 aliphatic heterocycles. The molecule has 8 heteroatoms. The van der Waals surface area contributed by atoms with Crippen molar-refractivity contribution in [3.05, 3.63) is 48.4 Å². The molecule has 4 rings (SSSR count). The Morgan fingerprint density at radius 1 is 1.28 bits per heavy atom. The fourth-order valence-corrected chi connectivity index (χ4v) is 4.99. The standard InChI is InChI=1S/C17H17FN4O2S/c18-14-4-2-1-3-13(14)15-9-17(22-16(21-15)5-7-20-22)19-10-12-6-8-25(23,24)11-12/h1-5,7,9,12,19H,6,8,10-11H2/t12-/m1/s1. The van der Waals surface area contributed by atoms with Crippen LogP contribution in [0.3, 0.4) is 0 Å². The zero-order valence-electron chi connectivity index (χ0n) is 13.4. The summed E-state index contributed by atoms with van der Waals surface area (Å²) in [6.45, 7) is 0.523. The molecule has 0 spiro atoms. The maximum Gasteiger partial charge on any atom is 0.157 e. The third kappa shape index (κ3) is 3.21. The number of halogens is 1. The van der Waals surface area contributed by atoms with Crippen LogP contribution in [0.25, 0.3) is 16.9 Å². The second-order valence-corrected chi connectivity index (χ2v) is 8.49. The van der Waals surface area contributed by atoms with Crippen molar-refractivity contribution in [3.8, 4) is 11.3 Å². The summed E-state index contributed by atoms with van der Waals surface area (Å²) in [5, 5.41) is 7.49. The van der Waals surface area contributed by atoms with E-state index in [4.69, 9.17) is 0 Å². The molecule has 0 unspecified atom stereocenters. The molecule has 6 nitrogen and oxygen atoms in total. The van der Waals surface area contributed by atoms with Crippen molar-refractivity contribution in [2.75, 3.05) is 23.4 Å². The Morgan fingerprint density at radius 2 is 2.12 bits per heavy atom. The van der Waals surface area contributed by atoms with E-state index in [2.05, 4.69) is 15.4 Å². The van der Waals surface area contributed by atoms with Crippen molar-refractivity contribution in [2.24, 2.45) is 5.92 Å². The molecule has 0 radical (unpaired) electrons. The number of nitrogens with zero attached hydrogens (tertiary/aromatic N) is 3. The van der Waals surface area contributed by atoms with Crippen molar-refractivity contribution >= 4 is 21.3 Å². The summed E-state index contributed by atoms with van der Waals surface area (Å²) in [5.41, 5.74) is 1.52. The van der Waals surface area contributed by atoms with Gasteiger partial charge in [0.1, 0.15) is 11.6 Å². The monoisotopic (exact) mass is 360 g/mol. The van der Waals surface area contributed by atoms with Gasteiger partial charge in [-0.1, -0.05) is 12.1 Å². The normalized spacial score (nSPS) is 19.3. The lowest BCUT2D eigenvalue weighted by atomic mass is 10.1. The summed E-state index contributed by atoms with van der Waals surface area (Å²) >= 11 is 0. The van der Waals surface area contributed by atoms with Crippen LogP contribution in [0.4, 0.5) is 10.2 Å². The zero-order valence-corrected chi connectivity index (χ0v) is 14.2. The Morgan fingerprint density at radius 3 is 2.88 bits per heavy atom. The Kier molecular flexibility index (Phi) is 3.91. The first kappa shape index (κ1) is 16.0. The molecular weight excluding hydrogens is 343 g/mol. The maximum atomic E-state index is 14.1. The van der Waals surface area contributed by atoms with Crippen molar-refractivity contribution in [1.82, 2.24) is 14.6 Å². The molecule has 1 atom stereocenters. The second kappa shape index (κ2) is 6.11. The lowest BCUT2D eigenvalue weighted by molar-refractivity contribution is 0.595. The molecule has 1 aromatic carbocycles. The van der Waals surface area contributed by atoms with Gasteiger partial charge in [-0.15, -0.1) is 0 Å². The summed E-state index contributed by atoms with van der Waals surface area (Å²) in [6.07, 6.45) is 2.28. The first-order chi connectivity index (χ1) is 12.0. The molecule has 25 heavy (non-hydrogen) atoms. The molecule has 0 bridgehead atoms. The highest BCUT2D eigenvalue weighted by molar-refractivity contribution is 7.91. The van der Waals surface area contributed by atoms with E-state index in [1.807, 2.05) is 0 Å². The van der Waals surface area contributed by atoms with Gasteiger partial charge in [-0.2, -0.15) is 9.61 Å². The summed E-state index contributed by atoms with van der Waals surface area (Å²) in [5.74, 6) is 0.839. The molecular formula is C17H17FN4O2S. The van der Waals surface area contributed by atoms with Crippen LogP contribution in [0, 0.1) is 11.7 Å². The molecule has 1 N–H and O–H groups in total. The van der Waals surface area contributed by atoms with E-state index >= 15 is 0 Å². The highest BCUT2D eigenvalue weighted by atomic mass is 32.2. The molecule has 2 aromatic heterocycles. The number of nitrogens with one attached hydrogen (secondary N) is 1. The van der Waals surface area contributed by atoms with Crippen LogP contribution < -0.4 is 5.32 Å². The minimum atomic E-state index is -2.91. The molecule has 1 fully saturated rings. The minimum Gasteiger partial charge on any atom is -0.370 e. The number of sulfone groups is 1. The van der Waals surface area contributed by atoms with Crippen LogP contribution in [0.5, 0.6) is 0 Å². The molecule has 0 saturated carbocycles. The molecule has 3 aromatic rings.